The van der Waals surface area contributed by atoms with E-state index < -0.39 is 0 Å². The highest BCUT2D eigenvalue weighted by Gasteiger charge is 2.28. The van der Waals surface area contributed by atoms with Crippen molar-refractivity contribution in [1.29, 1.82) is 0 Å². The van der Waals surface area contributed by atoms with Crippen LogP contribution in [-0.2, 0) is 5.75 Å². The first-order valence-electron chi connectivity index (χ1n) is 5.93. The molecule has 2 atom stereocenters. The lowest BCUT2D eigenvalue weighted by atomic mass is 9.92. The van der Waals surface area contributed by atoms with Gasteiger partial charge in [-0.25, -0.2) is 4.39 Å². The van der Waals surface area contributed by atoms with Crippen LogP contribution < -0.4 is 5.32 Å². The maximum absolute atomic E-state index is 13.9. The Kier molecular flexibility index (Phi) is 4.34. The third-order valence-corrected chi connectivity index (χ3v) is 4.76. The van der Waals surface area contributed by atoms with Gasteiger partial charge >= 0.3 is 0 Å². The van der Waals surface area contributed by atoms with Gasteiger partial charge in [-0.15, -0.1) is 0 Å². The van der Waals surface area contributed by atoms with Gasteiger partial charge in [0.1, 0.15) is 5.82 Å². The number of hydrogen-bond donors (Lipinski definition) is 1. The Labute approximate surface area is 111 Å². The molecule has 1 aromatic rings. The SMILES string of the molecule is CCNC1c2c(Cl)ccc(F)c2CSCC1C. The molecule has 4 heteroatoms. The zero-order valence-electron chi connectivity index (χ0n) is 10.1. The topological polar surface area (TPSA) is 12.0 Å². The Morgan fingerprint density at radius 3 is 3.00 bits per heavy atom. The normalized spacial score (nSPS) is 24.2. The molecule has 17 heavy (non-hydrogen) atoms. The molecule has 1 nitrogen and oxygen atoms in total. The molecule has 2 unspecified atom stereocenters. The second-order valence-electron chi connectivity index (χ2n) is 4.45. The Hall–Kier alpha value is -0.250. The molecule has 94 valence electrons. The van der Waals surface area contributed by atoms with Crippen molar-refractivity contribution in [3.05, 3.63) is 34.1 Å². The first kappa shape index (κ1) is 13.2. The van der Waals surface area contributed by atoms with Crippen molar-refractivity contribution in [1.82, 2.24) is 5.32 Å². The third-order valence-electron chi connectivity index (χ3n) is 3.18. The lowest BCUT2D eigenvalue weighted by Crippen LogP contribution is -2.28. The first-order valence-corrected chi connectivity index (χ1v) is 7.46. The summed E-state index contributed by atoms with van der Waals surface area (Å²) in [6, 6.07) is 3.30. The summed E-state index contributed by atoms with van der Waals surface area (Å²) in [7, 11) is 0. The van der Waals surface area contributed by atoms with E-state index in [1.165, 1.54) is 6.07 Å². The van der Waals surface area contributed by atoms with E-state index in [1.807, 2.05) is 0 Å². The van der Waals surface area contributed by atoms with Gasteiger partial charge in [0.2, 0.25) is 0 Å². The summed E-state index contributed by atoms with van der Waals surface area (Å²) in [5.41, 5.74) is 1.74. The Bertz CT molecular complexity index is 411. The van der Waals surface area contributed by atoms with Crippen molar-refractivity contribution in [2.45, 2.75) is 25.6 Å². The van der Waals surface area contributed by atoms with Crippen LogP contribution >= 0.6 is 23.4 Å². The highest BCUT2D eigenvalue weighted by atomic mass is 35.5. The summed E-state index contributed by atoms with van der Waals surface area (Å²) < 4.78 is 13.9. The molecule has 1 aliphatic rings. The first-order chi connectivity index (χ1) is 8.15. The summed E-state index contributed by atoms with van der Waals surface area (Å²) in [6.07, 6.45) is 0. The number of halogens is 2. The molecule has 2 rings (SSSR count). The predicted octanol–water partition coefficient (Wildman–Crippen LogP) is 4.01. The minimum absolute atomic E-state index is 0.131. The minimum Gasteiger partial charge on any atom is -0.310 e. The molecule has 0 aliphatic carbocycles. The molecular formula is C13H17ClFNS. The van der Waals surface area contributed by atoms with Crippen LogP contribution in [0.1, 0.15) is 31.0 Å². The van der Waals surface area contributed by atoms with E-state index in [0.29, 0.717) is 16.7 Å². The maximum atomic E-state index is 13.9. The second kappa shape index (κ2) is 5.59. The van der Waals surface area contributed by atoms with Crippen LogP contribution in [0.5, 0.6) is 0 Å². The van der Waals surface area contributed by atoms with E-state index in [1.54, 1.807) is 17.8 Å². The van der Waals surface area contributed by atoms with Gasteiger partial charge in [-0.05, 0) is 35.9 Å². The number of thioether (sulfide) groups is 1. The Balaban J connectivity index is 2.51. The minimum atomic E-state index is -0.131. The van der Waals surface area contributed by atoms with Gasteiger partial charge in [-0.3, -0.25) is 0 Å². The smallest absolute Gasteiger partial charge is 0.127 e. The average molecular weight is 274 g/mol. The van der Waals surface area contributed by atoms with Crippen LogP contribution in [0.2, 0.25) is 5.02 Å². The molecule has 1 aliphatic heterocycles. The van der Waals surface area contributed by atoms with Crippen molar-refractivity contribution in [2.75, 3.05) is 12.3 Å². The third kappa shape index (κ3) is 2.61. The molecule has 1 heterocycles. The van der Waals surface area contributed by atoms with E-state index in [2.05, 4.69) is 19.2 Å². The zero-order chi connectivity index (χ0) is 12.4. The van der Waals surface area contributed by atoms with Gasteiger partial charge in [0.15, 0.2) is 0 Å². The number of rotatable bonds is 2. The quantitative estimate of drug-likeness (QED) is 0.874. The van der Waals surface area contributed by atoms with Crippen molar-refractivity contribution < 1.29 is 4.39 Å². The standard InChI is InChI=1S/C13H17ClFNS/c1-3-16-13-8(2)6-17-7-9-11(15)5-4-10(14)12(9)13/h4-5,8,13,16H,3,6-7H2,1-2H3. The van der Waals surface area contributed by atoms with Gasteiger partial charge in [-0.1, -0.05) is 25.4 Å². The van der Waals surface area contributed by atoms with Gasteiger partial charge in [0.25, 0.3) is 0 Å². The largest absolute Gasteiger partial charge is 0.310 e. The molecule has 0 amide bonds. The van der Waals surface area contributed by atoms with E-state index in [-0.39, 0.29) is 11.9 Å². The van der Waals surface area contributed by atoms with Crippen LogP contribution in [-0.4, -0.2) is 12.3 Å². The summed E-state index contributed by atoms with van der Waals surface area (Å²) in [4.78, 5) is 0. The molecule has 0 saturated carbocycles. The van der Waals surface area contributed by atoms with Crippen LogP contribution in [0.25, 0.3) is 0 Å². The van der Waals surface area contributed by atoms with Crippen molar-refractivity contribution in [3.63, 3.8) is 0 Å². The van der Waals surface area contributed by atoms with Gasteiger partial charge in [0.05, 0.1) is 0 Å². The molecule has 1 N–H and O–H groups in total. The fourth-order valence-corrected chi connectivity index (χ4v) is 3.82. The Morgan fingerprint density at radius 1 is 1.53 bits per heavy atom. The van der Waals surface area contributed by atoms with Gasteiger partial charge in [0, 0.05) is 22.4 Å². The highest BCUT2D eigenvalue weighted by molar-refractivity contribution is 7.98. The fraction of sp³-hybridized carbons (Fsp3) is 0.538. The molecular weight excluding hydrogens is 257 g/mol. The highest BCUT2D eigenvalue weighted by Crippen LogP contribution is 2.39. The molecule has 1 aromatic carbocycles. The van der Waals surface area contributed by atoms with Crippen molar-refractivity contribution in [2.24, 2.45) is 5.92 Å². The van der Waals surface area contributed by atoms with Crippen molar-refractivity contribution >= 4 is 23.4 Å². The summed E-state index contributed by atoms with van der Waals surface area (Å²) in [5.74, 6) is 2.07. The number of nitrogens with one attached hydrogen (secondary N) is 1. The molecule has 0 radical (unpaired) electrons. The maximum Gasteiger partial charge on any atom is 0.127 e. The van der Waals surface area contributed by atoms with Crippen LogP contribution in [0.15, 0.2) is 12.1 Å². The lowest BCUT2D eigenvalue weighted by molar-refractivity contribution is 0.426. The molecule has 0 spiro atoms. The molecule has 0 bridgehead atoms. The molecule has 0 fully saturated rings. The number of hydrogen-bond acceptors (Lipinski definition) is 2. The summed E-state index contributed by atoms with van der Waals surface area (Å²) in [6.45, 7) is 5.13. The average Bonchev–Trinajstić information content (AvgIpc) is 2.46. The summed E-state index contributed by atoms with van der Waals surface area (Å²) >= 11 is 8.05. The number of benzene rings is 1. The fourth-order valence-electron chi connectivity index (χ4n) is 2.34. The van der Waals surface area contributed by atoms with Gasteiger partial charge in [-0.2, -0.15) is 11.8 Å². The van der Waals surface area contributed by atoms with Crippen LogP contribution in [0.3, 0.4) is 0 Å². The lowest BCUT2D eigenvalue weighted by Gasteiger charge is -2.25. The zero-order valence-corrected chi connectivity index (χ0v) is 11.7. The van der Waals surface area contributed by atoms with E-state index >= 15 is 0 Å². The van der Waals surface area contributed by atoms with E-state index in [9.17, 15) is 4.39 Å². The molecule has 0 aromatic heterocycles. The van der Waals surface area contributed by atoms with Crippen LogP contribution in [0, 0.1) is 11.7 Å². The summed E-state index contributed by atoms with van der Waals surface area (Å²) in [5, 5.41) is 4.12. The van der Waals surface area contributed by atoms with Crippen molar-refractivity contribution in [3.8, 4) is 0 Å². The van der Waals surface area contributed by atoms with E-state index in [0.717, 1.165) is 23.4 Å². The van der Waals surface area contributed by atoms with Crippen LogP contribution in [0.4, 0.5) is 4.39 Å². The predicted molar refractivity (Wildman–Crippen MR) is 73.2 cm³/mol. The second-order valence-corrected chi connectivity index (χ2v) is 5.89. The number of fused-ring (bicyclic) bond motifs is 1. The molecule has 0 saturated heterocycles. The van der Waals surface area contributed by atoms with Gasteiger partial charge < -0.3 is 5.32 Å². The Morgan fingerprint density at radius 2 is 2.29 bits per heavy atom. The van der Waals surface area contributed by atoms with E-state index in [4.69, 9.17) is 11.6 Å². The monoisotopic (exact) mass is 273 g/mol.